The Labute approximate surface area is 173 Å². The van der Waals surface area contributed by atoms with Crippen molar-refractivity contribution in [2.45, 2.75) is 35.1 Å². The zero-order valence-corrected chi connectivity index (χ0v) is 17.1. The van der Waals surface area contributed by atoms with Crippen LogP contribution in [0.2, 0.25) is 5.02 Å². The van der Waals surface area contributed by atoms with Crippen LogP contribution in [0.25, 0.3) is 10.9 Å². The van der Waals surface area contributed by atoms with Gasteiger partial charge in [-0.15, -0.1) is 0 Å². The summed E-state index contributed by atoms with van der Waals surface area (Å²) in [5.41, 5.74) is 1.42. The van der Waals surface area contributed by atoms with Gasteiger partial charge in [0.2, 0.25) is 9.84 Å². The number of para-hydroxylation sites is 1. The van der Waals surface area contributed by atoms with Gasteiger partial charge in [-0.05, 0) is 48.9 Å². The Morgan fingerprint density at radius 1 is 1.10 bits per heavy atom. The van der Waals surface area contributed by atoms with E-state index in [-0.39, 0.29) is 22.8 Å². The molecule has 1 aromatic heterocycles. The molecule has 8 heteroatoms. The summed E-state index contributed by atoms with van der Waals surface area (Å²) in [5.74, 6) is -2.67. The topological polar surface area (TPSA) is 50.3 Å². The number of aromatic nitrogens is 1. The molecule has 3 aromatic rings. The molecule has 0 atom stereocenters. The normalized spacial score (nSPS) is 17.5. The fourth-order valence-electron chi connectivity index (χ4n) is 3.65. The minimum atomic E-state index is -3.73. The van der Waals surface area contributed by atoms with Gasteiger partial charge in [-0.2, -0.15) is 0 Å². The van der Waals surface area contributed by atoms with Crippen LogP contribution in [0.15, 0.2) is 64.5 Å². The van der Waals surface area contributed by atoms with Crippen molar-refractivity contribution in [3.63, 3.8) is 0 Å². The van der Waals surface area contributed by atoms with E-state index in [2.05, 4.69) is 4.98 Å². The Morgan fingerprint density at radius 3 is 2.59 bits per heavy atom. The summed E-state index contributed by atoms with van der Waals surface area (Å²) in [4.78, 5) is 6.31. The summed E-state index contributed by atoms with van der Waals surface area (Å²) in [5, 5.41) is 1.11. The highest BCUT2D eigenvalue weighted by Crippen LogP contribution is 2.29. The van der Waals surface area contributed by atoms with Crippen molar-refractivity contribution in [3.05, 3.63) is 65.3 Å². The lowest BCUT2D eigenvalue weighted by Crippen LogP contribution is -2.42. The summed E-state index contributed by atoms with van der Waals surface area (Å²) < 4.78 is 53.2. The van der Waals surface area contributed by atoms with Gasteiger partial charge in [-0.25, -0.2) is 17.2 Å². The van der Waals surface area contributed by atoms with Crippen molar-refractivity contribution in [2.75, 3.05) is 13.1 Å². The Hall–Kier alpha value is -2.09. The van der Waals surface area contributed by atoms with E-state index in [0.29, 0.717) is 35.4 Å². The Balaban J connectivity index is 1.66. The van der Waals surface area contributed by atoms with E-state index in [1.54, 1.807) is 23.1 Å². The lowest BCUT2D eigenvalue weighted by molar-refractivity contribution is -0.0660. The summed E-state index contributed by atoms with van der Waals surface area (Å²) in [6, 6.07) is 12.9. The number of piperidine rings is 1. The average Bonchev–Trinajstić information content (AvgIpc) is 2.67. The molecule has 2 heterocycles. The molecule has 0 bridgehead atoms. The third kappa shape index (κ3) is 4.27. The average molecular weight is 437 g/mol. The number of hydrogen-bond donors (Lipinski definition) is 0. The van der Waals surface area contributed by atoms with Crippen LogP contribution in [0.3, 0.4) is 0 Å². The first-order valence-corrected chi connectivity index (χ1v) is 11.1. The molecule has 152 valence electrons. The van der Waals surface area contributed by atoms with Crippen molar-refractivity contribution in [2.24, 2.45) is 0 Å². The van der Waals surface area contributed by atoms with Gasteiger partial charge in [-0.1, -0.05) is 29.8 Å². The van der Waals surface area contributed by atoms with Gasteiger partial charge >= 0.3 is 0 Å². The van der Waals surface area contributed by atoms with Gasteiger partial charge in [0.15, 0.2) is 0 Å². The number of benzene rings is 2. The maximum Gasteiger partial charge on any atom is 0.260 e. The largest absolute Gasteiger partial charge is 0.293 e. The quantitative estimate of drug-likeness (QED) is 0.580. The molecular formula is C21H19ClF2N2O2S. The molecule has 29 heavy (non-hydrogen) atoms. The molecule has 4 rings (SSSR count). The molecular weight excluding hydrogens is 418 g/mol. The van der Waals surface area contributed by atoms with Crippen LogP contribution in [-0.2, 0) is 16.4 Å². The molecule has 0 saturated carbocycles. The second-order valence-electron chi connectivity index (χ2n) is 7.29. The van der Waals surface area contributed by atoms with E-state index in [4.69, 9.17) is 11.6 Å². The zero-order chi connectivity index (χ0) is 20.6. The molecule has 0 N–H and O–H groups in total. The molecule has 0 spiro atoms. The maximum atomic E-state index is 13.7. The minimum absolute atomic E-state index is 0.0778. The number of hydrogen-bond acceptors (Lipinski definition) is 4. The number of halogens is 3. The Morgan fingerprint density at radius 2 is 1.86 bits per heavy atom. The fraction of sp³-hybridized carbons (Fsp3) is 0.286. The van der Waals surface area contributed by atoms with Crippen LogP contribution in [0.4, 0.5) is 8.78 Å². The van der Waals surface area contributed by atoms with Crippen molar-refractivity contribution in [1.82, 2.24) is 9.88 Å². The number of likely N-dealkylation sites (tertiary alicyclic amines) is 1. The van der Waals surface area contributed by atoms with Crippen molar-refractivity contribution >= 4 is 32.3 Å². The zero-order valence-electron chi connectivity index (χ0n) is 15.5. The number of alkyl halides is 2. The van der Waals surface area contributed by atoms with Crippen molar-refractivity contribution < 1.29 is 17.2 Å². The van der Waals surface area contributed by atoms with Crippen LogP contribution in [0, 0.1) is 0 Å². The third-order valence-corrected chi connectivity index (χ3v) is 7.06. The van der Waals surface area contributed by atoms with Crippen LogP contribution in [-0.4, -0.2) is 37.3 Å². The number of pyridine rings is 1. The van der Waals surface area contributed by atoms with E-state index in [1.165, 1.54) is 30.5 Å². The van der Waals surface area contributed by atoms with E-state index >= 15 is 0 Å². The van der Waals surface area contributed by atoms with E-state index in [9.17, 15) is 17.2 Å². The number of rotatable bonds is 4. The first kappa shape index (κ1) is 20.2. The predicted molar refractivity (Wildman–Crippen MR) is 108 cm³/mol. The Kier molecular flexibility index (Phi) is 5.31. The lowest BCUT2D eigenvalue weighted by Gasteiger charge is -2.32. The SMILES string of the molecule is O=S(=O)(c1ccc(Cl)cc1)c1cnc2c(CN3CCCC(F)(F)C3)cccc2c1. The predicted octanol–water partition coefficient (Wildman–Crippen LogP) is 4.95. The van der Waals surface area contributed by atoms with Crippen LogP contribution in [0.1, 0.15) is 18.4 Å². The van der Waals surface area contributed by atoms with Crippen LogP contribution >= 0.6 is 11.6 Å². The van der Waals surface area contributed by atoms with Crippen molar-refractivity contribution in [3.8, 4) is 0 Å². The molecule has 1 saturated heterocycles. The molecule has 0 aliphatic carbocycles. The second kappa shape index (κ2) is 7.63. The van der Waals surface area contributed by atoms with Gasteiger partial charge in [0, 0.05) is 29.6 Å². The minimum Gasteiger partial charge on any atom is -0.293 e. The van der Waals surface area contributed by atoms with Crippen molar-refractivity contribution in [1.29, 1.82) is 0 Å². The number of sulfone groups is 1. The molecule has 0 radical (unpaired) electrons. The first-order chi connectivity index (χ1) is 13.7. The highest BCUT2D eigenvalue weighted by Gasteiger charge is 2.35. The summed E-state index contributed by atoms with van der Waals surface area (Å²) >= 11 is 5.84. The number of fused-ring (bicyclic) bond motifs is 1. The highest BCUT2D eigenvalue weighted by molar-refractivity contribution is 7.91. The van der Waals surface area contributed by atoms with Gasteiger partial charge in [0.05, 0.1) is 21.9 Å². The standard InChI is InChI=1S/C21H19ClF2N2O2S/c22-17-5-7-18(8-6-17)29(27,28)19-11-15-3-1-4-16(20(15)25-12-19)13-26-10-2-9-21(23,24)14-26/h1,3-8,11-12H,2,9-10,13-14H2. The first-order valence-electron chi connectivity index (χ1n) is 9.23. The molecule has 0 amide bonds. The van der Waals surface area contributed by atoms with E-state index in [0.717, 1.165) is 5.56 Å². The van der Waals surface area contributed by atoms with E-state index in [1.807, 2.05) is 6.07 Å². The maximum absolute atomic E-state index is 13.7. The second-order valence-corrected chi connectivity index (χ2v) is 9.67. The molecule has 0 unspecified atom stereocenters. The van der Waals surface area contributed by atoms with E-state index < -0.39 is 15.8 Å². The third-order valence-electron chi connectivity index (χ3n) is 5.07. The summed E-state index contributed by atoms with van der Waals surface area (Å²) in [7, 11) is -3.73. The summed E-state index contributed by atoms with van der Waals surface area (Å²) in [6.07, 6.45) is 1.69. The smallest absolute Gasteiger partial charge is 0.260 e. The highest BCUT2D eigenvalue weighted by atomic mass is 35.5. The lowest BCUT2D eigenvalue weighted by atomic mass is 10.0. The molecule has 1 aliphatic rings. The number of nitrogens with zero attached hydrogens (tertiary/aromatic N) is 2. The van der Waals surface area contributed by atoms with Gasteiger partial charge < -0.3 is 0 Å². The van der Waals surface area contributed by atoms with Crippen LogP contribution in [0.5, 0.6) is 0 Å². The molecule has 2 aromatic carbocycles. The fourth-order valence-corrected chi connectivity index (χ4v) is 5.02. The van der Waals surface area contributed by atoms with Gasteiger partial charge in [0.1, 0.15) is 0 Å². The Bertz CT molecular complexity index is 1150. The molecule has 4 nitrogen and oxygen atoms in total. The monoisotopic (exact) mass is 436 g/mol. The van der Waals surface area contributed by atoms with Gasteiger partial charge in [-0.3, -0.25) is 9.88 Å². The van der Waals surface area contributed by atoms with Crippen LogP contribution < -0.4 is 0 Å². The van der Waals surface area contributed by atoms with Gasteiger partial charge in [0.25, 0.3) is 5.92 Å². The molecule has 1 fully saturated rings. The molecule has 1 aliphatic heterocycles. The summed E-state index contributed by atoms with van der Waals surface area (Å²) in [6.45, 7) is 0.685.